The summed E-state index contributed by atoms with van der Waals surface area (Å²) in [6, 6.07) is 20.5. The number of amides is 1. The Morgan fingerprint density at radius 2 is 1.62 bits per heavy atom. The van der Waals surface area contributed by atoms with Crippen molar-refractivity contribution in [3.63, 3.8) is 0 Å². The fourth-order valence-corrected chi connectivity index (χ4v) is 4.19. The number of aromatic hydroxyl groups is 1. The van der Waals surface area contributed by atoms with Crippen LogP contribution in [0.3, 0.4) is 0 Å². The van der Waals surface area contributed by atoms with Gasteiger partial charge in [0.25, 0.3) is 11.6 Å². The Labute approximate surface area is 227 Å². The molecule has 0 aliphatic heterocycles. The zero-order valence-electron chi connectivity index (χ0n) is 20.6. The number of hydrogen-bond acceptors (Lipinski definition) is 6. The van der Waals surface area contributed by atoms with Crippen LogP contribution in [0, 0.1) is 15.9 Å². The van der Waals surface area contributed by atoms with Gasteiger partial charge < -0.3 is 15.2 Å². The standard InChI is InChI=1S/C29H22ClFN2O6/c1-39-29(36)26(13-17-5-7-18(8-6-17)19-3-2-4-22(14-19)33(37)38)32-28(35)23-15-20(10-12-27(23)34)21-9-11-25(31)24(30)16-21/h2-12,14-16,26,34H,13H2,1H3,(H,32,35)/t26-/m0/s1. The predicted molar refractivity (Wildman–Crippen MR) is 144 cm³/mol. The number of halogens is 2. The zero-order chi connectivity index (χ0) is 28.1. The molecule has 4 rings (SSSR count). The number of phenolic OH excluding ortho intramolecular Hbond substituents is 1. The van der Waals surface area contributed by atoms with E-state index in [0.717, 1.165) is 5.56 Å². The Balaban J connectivity index is 1.54. The van der Waals surface area contributed by atoms with E-state index in [-0.39, 0.29) is 28.4 Å². The van der Waals surface area contributed by atoms with Crippen molar-refractivity contribution in [1.82, 2.24) is 5.32 Å². The smallest absolute Gasteiger partial charge is 0.328 e. The molecule has 0 radical (unpaired) electrons. The van der Waals surface area contributed by atoms with Gasteiger partial charge >= 0.3 is 5.97 Å². The first kappa shape index (κ1) is 27.3. The molecular formula is C29H22ClFN2O6. The number of esters is 1. The highest BCUT2D eigenvalue weighted by Crippen LogP contribution is 2.29. The number of ether oxygens (including phenoxy) is 1. The number of rotatable bonds is 8. The first-order valence-electron chi connectivity index (χ1n) is 11.7. The summed E-state index contributed by atoms with van der Waals surface area (Å²) in [4.78, 5) is 36.2. The van der Waals surface area contributed by atoms with Gasteiger partial charge in [0.15, 0.2) is 0 Å². The molecule has 0 aliphatic carbocycles. The maximum absolute atomic E-state index is 13.6. The molecule has 0 saturated heterocycles. The third-order valence-electron chi connectivity index (χ3n) is 6.07. The summed E-state index contributed by atoms with van der Waals surface area (Å²) in [6.07, 6.45) is 0.0850. The van der Waals surface area contributed by atoms with E-state index in [0.29, 0.717) is 22.3 Å². The van der Waals surface area contributed by atoms with Crippen LogP contribution >= 0.6 is 11.6 Å². The maximum atomic E-state index is 13.6. The van der Waals surface area contributed by atoms with Crippen molar-refractivity contribution >= 4 is 29.2 Å². The fourth-order valence-electron chi connectivity index (χ4n) is 4.01. The quantitative estimate of drug-likeness (QED) is 0.160. The Hall–Kier alpha value is -4.76. The highest BCUT2D eigenvalue weighted by molar-refractivity contribution is 6.31. The van der Waals surface area contributed by atoms with Crippen molar-refractivity contribution in [1.29, 1.82) is 0 Å². The molecule has 0 aliphatic rings. The zero-order valence-corrected chi connectivity index (χ0v) is 21.3. The summed E-state index contributed by atoms with van der Waals surface area (Å²) in [5, 5.41) is 23.9. The van der Waals surface area contributed by atoms with Gasteiger partial charge in [-0.15, -0.1) is 0 Å². The molecule has 0 fully saturated rings. The molecule has 1 atom stereocenters. The van der Waals surface area contributed by atoms with E-state index in [2.05, 4.69) is 5.32 Å². The molecule has 0 unspecified atom stereocenters. The van der Waals surface area contributed by atoms with Gasteiger partial charge in [0, 0.05) is 18.6 Å². The summed E-state index contributed by atoms with van der Waals surface area (Å²) >= 11 is 5.88. The molecule has 8 nitrogen and oxygen atoms in total. The SMILES string of the molecule is COC(=O)[C@H](Cc1ccc(-c2cccc([N+](=O)[O-])c2)cc1)NC(=O)c1cc(-c2ccc(F)c(Cl)c2)ccc1O. The molecule has 4 aromatic rings. The Bertz CT molecular complexity index is 1560. The van der Waals surface area contributed by atoms with E-state index < -0.39 is 28.7 Å². The average Bonchev–Trinajstić information content (AvgIpc) is 2.94. The second kappa shape index (κ2) is 11.7. The Morgan fingerprint density at radius 3 is 2.28 bits per heavy atom. The van der Waals surface area contributed by atoms with Gasteiger partial charge in [-0.3, -0.25) is 14.9 Å². The highest BCUT2D eigenvalue weighted by atomic mass is 35.5. The lowest BCUT2D eigenvalue weighted by molar-refractivity contribution is -0.384. The van der Waals surface area contributed by atoms with Crippen LogP contribution in [-0.2, 0) is 16.0 Å². The molecule has 0 saturated carbocycles. The third kappa shape index (κ3) is 6.39. The monoisotopic (exact) mass is 548 g/mol. The van der Waals surface area contributed by atoms with Crippen LogP contribution in [-0.4, -0.2) is 35.1 Å². The van der Waals surface area contributed by atoms with Crippen LogP contribution < -0.4 is 5.32 Å². The van der Waals surface area contributed by atoms with Gasteiger partial charge in [0.2, 0.25) is 0 Å². The molecular weight excluding hydrogens is 527 g/mol. The summed E-state index contributed by atoms with van der Waals surface area (Å²) in [6.45, 7) is 0. The number of nitro groups is 1. The van der Waals surface area contributed by atoms with Gasteiger partial charge in [-0.25, -0.2) is 9.18 Å². The van der Waals surface area contributed by atoms with E-state index in [9.17, 15) is 29.2 Å². The van der Waals surface area contributed by atoms with Gasteiger partial charge in [-0.2, -0.15) is 0 Å². The van der Waals surface area contributed by atoms with Crippen molar-refractivity contribution in [3.8, 4) is 28.0 Å². The third-order valence-corrected chi connectivity index (χ3v) is 6.36. The summed E-state index contributed by atoms with van der Waals surface area (Å²) in [5.74, 6) is -2.30. The topological polar surface area (TPSA) is 119 Å². The van der Waals surface area contributed by atoms with Gasteiger partial charge in [-0.05, 0) is 52.1 Å². The summed E-state index contributed by atoms with van der Waals surface area (Å²) in [7, 11) is 1.20. The molecule has 2 N–H and O–H groups in total. The van der Waals surface area contributed by atoms with Crippen molar-refractivity contribution in [2.24, 2.45) is 0 Å². The minimum atomic E-state index is -1.07. The number of nitro benzene ring substituents is 1. The van der Waals surface area contributed by atoms with E-state index >= 15 is 0 Å². The maximum Gasteiger partial charge on any atom is 0.328 e. The number of phenols is 1. The minimum Gasteiger partial charge on any atom is -0.507 e. The lowest BCUT2D eigenvalue weighted by atomic mass is 9.99. The molecule has 0 heterocycles. The number of carbonyl (C=O) groups is 2. The van der Waals surface area contributed by atoms with Crippen LogP contribution in [0.4, 0.5) is 10.1 Å². The summed E-state index contributed by atoms with van der Waals surface area (Å²) in [5.41, 5.74) is 3.01. The number of benzene rings is 4. The van der Waals surface area contributed by atoms with Crippen molar-refractivity contribution < 1.29 is 28.7 Å². The second-order valence-corrected chi connectivity index (χ2v) is 9.03. The Morgan fingerprint density at radius 1 is 0.974 bits per heavy atom. The summed E-state index contributed by atoms with van der Waals surface area (Å²) < 4.78 is 18.4. The van der Waals surface area contributed by atoms with Crippen LogP contribution in [0.1, 0.15) is 15.9 Å². The first-order chi connectivity index (χ1) is 18.7. The molecule has 10 heteroatoms. The van der Waals surface area contributed by atoms with E-state index in [4.69, 9.17) is 16.3 Å². The van der Waals surface area contributed by atoms with Crippen LogP contribution in [0.2, 0.25) is 5.02 Å². The molecule has 0 bridgehead atoms. The van der Waals surface area contributed by atoms with E-state index in [1.807, 2.05) is 0 Å². The van der Waals surface area contributed by atoms with E-state index in [1.54, 1.807) is 42.5 Å². The largest absolute Gasteiger partial charge is 0.507 e. The average molecular weight is 549 g/mol. The molecule has 4 aromatic carbocycles. The predicted octanol–water partition coefficient (Wildman–Crippen LogP) is 5.94. The van der Waals surface area contributed by atoms with Gasteiger partial charge in [0.05, 0.1) is 22.6 Å². The van der Waals surface area contributed by atoms with Crippen molar-refractivity contribution in [3.05, 3.63) is 117 Å². The molecule has 198 valence electrons. The fraction of sp³-hybridized carbons (Fsp3) is 0.103. The number of hydrogen-bond donors (Lipinski definition) is 2. The van der Waals surface area contributed by atoms with E-state index in [1.165, 1.54) is 49.6 Å². The number of nitrogens with one attached hydrogen (secondary N) is 1. The lowest BCUT2D eigenvalue weighted by Gasteiger charge is -2.18. The molecule has 0 aromatic heterocycles. The van der Waals surface area contributed by atoms with Gasteiger partial charge in [0.1, 0.15) is 17.6 Å². The van der Waals surface area contributed by atoms with Crippen LogP contribution in [0.5, 0.6) is 5.75 Å². The van der Waals surface area contributed by atoms with Crippen molar-refractivity contribution in [2.45, 2.75) is 12.5 Å². The minimum absolute atomic E-state index is 0.0279. The lowest BCUT2D eigenvalue weighted by Crippen LogP contribution is -2.43. The molecule has 0 spiro atoms. The Kier molecular flexibility index (Phi) is 8.21. The molecule has 39 heavy (non-hydrogen) atoms. The number of non-ortho nitro benzene ring substituents is 1. The first-order valence-corrected chi connectivity index (χ1v) is 12.0. The highest BCUT2D eigenvalue weighted by Gasteiger charge is 2.24. The van der Waals surface area contributed by atoms with Crippen LogP contribution in [0.25, 0.3) is 22.3 Å². The van der Waals surface area contributed by atoms with Gasteiger partial charge in [-0.1, -0.05) is 60.1 Å². The normalized spacial score (nSPS) is 11.5. The van der Waals surface area contributed by atoms with Crippen LogP contribution in [0.15, 0.2) is 84.9 Å². The number of methoxy groups -OCH3 is 1. The van der Waals surface area contributed by atoms with Crippen molar-refractivity contribution in [2.75, 3.05) is 7.11 Å². The number of carbonyl (C=O) groups excluding carboxylic acids is 2. The molecule has 1 amide bonds. The number of nitrogens with zero attached hydrogens (tertiary/aromatic N) is 1. The second-order valence-electron chi connectivity index (χ2n) is 8.62.